The Bertz CT molecular complexity index is 580. The largest absolute Gasteiger partial charge is 0.243 e. The zero-order valence-electron chi connectivity index (χ0n) is 10.9. The Hall–Kier alpha value is -0.530. The minimum atomic E-state index is -3.79. The average Bonchev–Trinajstić information content (AvgIpc) is 2.67. The molecule has 20 heavy (non-hydrogen) atoms. The molecule has 7 heteroatoms. The van der Waals surface area contributed by atoms with Crippen LogP contribution >= 0.6 is 15.9 Å². The Balaban J connectivity index is 2.38. The van der Waals surface area contributed by atoms with Crippen LogP contribution in [0.5, 0.6) is 0 Å². The van der Waals surface area contributed by atoms with E-state index in [0.29, 0.717) is 11.9 Å². The smallest absolute Gasteiger partial charge is 0.207 e. The molecule has 1 aromatic carbocycles. The highest BCUT2D eigenvalue weighted by Gasteiger charge is 2.32. The first kappa shape index (κ1) is 15.9. The number of alkyl halides is 1. The maximum Gasteiger partial charge on any atom is 0.243 e. The number of hydrogen-bond acceptors (Lipinski definition) is 2. The van der Waals surface area contributed by atoms with Crippen molar-refractivity contribution in [3.63, 3.8) is 0 Å². The molecule has 1 aliphatic rings. The molecule has 1 aromatic rings. The number of benzene rings is 1. The van der Waals surface area contributed by atoms with E-state index in [1.807, 2.05) is 0 Å². The lowest BCUT2D eigenvalue weighted by atomic mass is 10.1. The van der Waals surface area contributed by atoms with Crippen LogP contribution in [-0.4, -0.2) is 30.6 Å². The Kier molecular flexibility index (Phi) is 5.14. The lowest BCUT2D eigenvalue weighted by Gasteiger charge is -2.27. The second-order valence-electron chi connectivity index (χ2n) is 4.85. The summed E-state index contributed by atoms with van der Waals surface area (Å²) in [6, 6.07) is 2.57. The van der Waals surface area contributed by atoms with E-state index in [9.17, 15) is 17.2 Å². The predicted octanol–water partition coefficient (Wildman–Crippen LogP) is 3.29. The standard InChI is InChI=1S/C13H16BrF2NO2S/c14-9-10-4-2-1-3-7-17(10)20(18,19)11-5-6-12(15)13(16)8-11/h5-6,8,10H,1-4,7,9H2. The molecule has 1 heterocycles. The van der Waals surface area contributed by atoms with Gasteiger partial charge in [0.2, 0.25) is 10.0 Å². The zero-order valence-corrected chi connectivity index (χ0v) is 13.3. The van der Waals surface area contributed by atoms with Gasteiger partial charge in [0.15, 0.2) is 11.6 Å². The summed E-state index contributed by atoms with van der Waals surface area (Å²) < 4.78 is 52.8. The van der Waals surface area contributed by atoms with Gasteiger partial charge in [0.1, 0.15) is 0 Å². The van der Waals surface area contributed by atoms with E-state index < -0.39 is 21.7 Å². The second kappa shape index (κ2) is 6.49. The summed E-state index contributed by atoms with van der Waals surface area (Å²) in [4.78, 5) is -0.191. The van der Waals surface area contributed by atoms with Gasteiger partial charge >= 0.3 is 0 Å². The summed E-state index contributed by atoms with van der Waals surface area (Å²) in [5.41, 5.74) is 0. The van der Waals surface area contributed by atoms with Crippen molar-refractivity contribution >= 4 is 26.0 Å². The first-order chi connectivity index (χ1) is 9.46. The molecule has 0 aliphatic carbocycles. The highest BCUT2D eigenvalue weighted by atomic mass is 79.9. The summed E-state index contributed by atoms with van der Waals surface area (Å²) in [5.74, 6) is -2.19. The maximum absolute atomic E-state index is 13.3. The first-order valence-corrected chi connectivity index (χ1v) is 9.06. The molecule has 0 spiro atoms. The third kappa shape index (κ3) is 3.20. The van der Waals surface area contributed by atoms with Gasteiger partial charge in [-0.15, -0.1) is 0 Å². The lowest BCUT2D eigenvalue weighted by molar-refractivity contribution is 0.347. The van der Waals surface area contributed by atoms with Crippen molar-refractivity contribution in [1.29, 1.82) is 0 Å². The van der Waals surface area contributed by atoms with Gasteiger partial charge in [0.25, 0.3) is 0 Å². The number of halogens is 3. The van der Waals surface area contributed by atoms with Crippen molar-refractivity contribution in [1.82, 2.24) is 4.31 Å². The van der Waals surface area contributed by atoms with Crippen LogP contribution in [0.25, 0.3) is 0 Å². The van der Waals surface area contributed by atoms with Crippen molar-refractivity contribution in [3.05, 3.63) is 29.8 Å². The number of sulfonamides is 1. The van der Waals surface area contributed by atoms with E-state index in [1.54, 1.807) is 0 Å². The molecule has 0 saturated carbocycles. The van der Waals surface area contributed by atoms with Gasteiger partial charge < -0.3 is 0 Å². The fourth-order valence-electron chi connectivity index (χ4n) is 2.39. The third-order valence-corrected chi connectivity index (χ3v) is 6.19. The topological polar surface area (TPSA) is 37.4 Å². The second-order valence-corrected chi connectivity index (χ2v) is 7.39. The molecule has 3 nitrogen and oxygen atoms in total. The molecule has 0 radical (unpaired) electrons. The van der Waals surface area contributed by atoms with Crippen LogP contribution in [0.2, 0.25) is 0 Å². The Morgan fingerprint density at radius 2 is 1.95 bits per heavy atom. The monoisotopic (exact) mass is 367 g/mol. The maximum atomic E-state index is 13.3. The molecule has 1 saturated heterocycles. The first-order valence-electron chi connectivity index (χ1n) is 6.49. The minimum absolute atomic E-state index is 0.143. The van der Waals surface area contributed by atoms with Crippen LogP contribution in [0.1, 0.15) is 25.7 Å². The summed E-state index contributed by atoms with van der Waals surface area (Å²) in [5, 5.41) is 0.538. The molecule has 2 rings (SSSR count). The van der Waals surface area contributed by atoms with Gasteiger partial charge in [0.05, 0.1) is 4.90 Å². The van der Waals surface area contributed by atoms with Gasteiger partial charge in [0, 0.05) is 17.9 Å². The van der Waals surface area contributed by atoms with Crippen LogP contribution in [0.15, 0.2) is 23.1 Å². The van der Waals surface area contributed by atoms with Gasteiger partial charge in [-0.05, 0) is 31.0 Å². The predicted molar refractivity (Wildman–Crippen MR) is 76.3 cm³/mol. The van der Waals surface area contributed by atoms with E-state index in [0.717, 1.165) is 43.9 Å². The number of nitrogens with zero attached hydrogens (tertiary/aromatic N) is 1. The van der Waals surface area contributed by atoms with E-state index >= 15 is 0 Å². The molecule has 0 aromatic heterocycles. The summed E-state index contributed by atoms with van der Waals surface area (Å²) in [6.45, 7) is 0.414. The SMILES string of the molecule is O=S(=O)(c1ccc(F)c(F)c1)N1CCCCCC1CBr. The molecule has 1 atom stereocenters. The van der Waals surface area contributed by atoms with Crippen LogP contribution in [0.3, 0.4) is 0 Å². The van der Waals surface area contributed by atoms with Gasteiger partial charge in [-0.1, -0.05) is 28.8 Å². The summed E-state index contributed by atoms with van der Waals surface area (Å²) >= 11 is 3.34. The minimum Gasteiger partial charge on any atom is -0.207 e. The van der Waals surface area contributed by atoms with Crippen molar-refractivity contribution in [2.24, 2.45) is 0 Å². The quantitative estimate of drug-likeness (QED) is 0.768. The highest BCUT2D eigenvalue weighted by Crippen LogP contribution is 2.26. The van der Waals surface area contributed by atoms with Crippen LogP contribution in [-0.2, 0) is 10.0 Å². The Labute approximate surface area is 126 Å². The molecular formula is C13H16BrF2NO2S. The van der Waals surface area contributed by atoms with Crippen molar-refractivity contribution in [3.8, 4) is 0 Å². The van der Waals surface area contributed by atoms with Crippen molar-refractivity contribution < 1.29 is 17.2 Å². The zero-order chi connectivity index (χ0) is 14.8. The fourth-order valence-corrected chi connectivity index (χ4v) is 4.96. The van der Waals surface area contributed by atoms with Gasteiger partial charge in [-0.3, -0.25) is 0 Å². The Morgan fingerprint density at radius 3 is 2.60 bits per heavy atom. The lowest BCUT2D eigenvalue weighted by Crippen LogP contribution is -2.41. The van der Waals surface area contributed by atoms with E-state index in [2.05, 4.69) is 15.9 Å². The molecule has 1 unspecified atom stereocenters. The van der Waals surface area contributed by atoms with E-state index in [1.165, 1.54) is 4.31 Å². The molecule has 1 aliphatic heterocycles. The number of rotatable bonds is 3. The molecule has 112 valence electrons. The molecule has 0 N–H and O–H groups in total. The molecular weight excluding hydrogens is 352 g/mol. The van der Waals surface area contributed by atoms with Crippen molar-refractivity contribution in [2.45, 2.75) is 36.6 Å². The third-order valence-electron chi connectivity index (χ3n) is 3.50. The normalized spacial score (nSPS) is 21.6. The number of hydrogen-bond donors (Lipinski definition) is 0. The molecule has 1 fully saturated rings. The molecule has 0 amide bonds. The van der Waals surface area contributed by atoms with E-state index in [-0.39, 0.29) is 10.9 Å². The molecule has 0 bridgehead atoms. The van der Waals surface area contributed by atoms with Crippen LogP contribution in [0, 0.1) is 11.6 Å². The highest BCUT2D eigenvalue weighted by molar-refractivity contribution is 9.09. The van der Waals surface area contributed by atoms with Gasteiger partial charge in [-0.25, -0.2) is 17.2 Å². The fraction of sp³-hybridized carbons (Fsp3) is 0.538. The van der Waals surface area contributed by atoms with Crippen LogP contribution in [0.4, 0.5) is 8.78 Å². The summed E-state index contributed by atoms with van der Waals surface area (Å²) in [7, 11) is -3.79. The van der Waals surface area contributed by atoms with Crippen molar-refractivity contribution in [2.75, 3.05) is 11.9 Å². The Morgan fingerprint density at radius 1 is 1.20 bits per heavy atom. The van der Waals surface area contributed by atoms with Gasteiger partial charge in [-0.2, -0.15) is 4.31 Å². The summed E-state index contributed by atoms with van der Waals surface area (Å²) in [6.07, 6.45) is 3.51. The average molecular weight is 368 g/mol. The van der Waals surface area contributed by atoms with Crippen LogP contribution < -0.4 is 0 Å². The van der Waals surface area contributed by atoms with E-state index in [4.69, 9.17) is 0 Å².